The average Bonchev–Trinajstić information content (AvgIpc) is 3.35. The van der Waals surface area contributed by atoms with Crippen LogP contribution in [0.4, 0.5) is 0 Å². The van der Waals surface area contributed by atoms with E-state index in [0.29, 0.717) is 61.9 Å². The Morgan fingerprint density at radius 2 is 1.58 bits per heavy atom. The van der Waals surface area contributed by atoms with E-state index in [0.717, 1.165) is 23.3 Å². The fourth-order valence-corrected chi connectivity index (χ4v) is 8.91. The number of thioether (sulfide) groups is 1. The average molecular weight is 763 g/mol. The van der Waals surface area contributed by atoms with E-state index in [2.05, 4.69) is 22.8 Å². The topological polar surface area (TPSA) is 125 Å². The van der Waals surface area contributed by atoms with Crippen molar-refractivity contribution < 1.29 is 28.7 Å². The van der Waals surface area contributed by atoms with Crippen LogP contribution in [0.15, 0.2) is 103 Å². The predicted octanol–water partition coefficient (Wildman–Crippen LogP) is 5.98. The van der Waals surface area contributed by atoms with E-state index in [4.69, 9.17) is 4.74 Å². The molecule has 0 bridgehead atoms. The Balaban J connectivity index is 1.19. The van der Waals surface area contributed by atoms with Crippen LogP contribution < -0.4 is 15.4 Å². The molecule has 5 amide bonds. The minimum Gasteiger partial charge on any atom is -0.497 e. The third-order valence-corrected chi connectivity index (χ3v) is 12.2. The molecule has 0 spiro atoms. The molecular weight excluding hydrogens is 713 g/mol. The molecular formula is C44H50N4O6S. The lowest BCUT2D eigenvalue weighted by Gasteiger charge is -2.32. The fraction of sp³-hybridized carbons (Fsp3) is 0.386. The first-order valence-corrected chi connectivity index (χ1v) is 20.2. The second-order valence-electron chi connectivity index (χ2n) is 14.4. The van der Waals surface area contributed by atoms with Gasteiger partial charge in [-0.05, 0) is 79.3 Å². The molecule has 3 aromatic rings. The van der Waals surface area contributed by atoms with Crippen molar-refractivity contribution in [2.75, 3.05) is 27.2 Å². The van der Waals surface area contributed by atoms with Crippen molar-refractivity contribution in [3.63, 3.8) is 0 Å². The van der Waals surface area contributed by atoms with Gasteiger partial charge in [0.25, 0.3) is 11.8 Å². The smallest absolute Gasteiger partial charge is 0.261 e. The van der Waals surface area contributed by atoms with E-state index in [1.165, 1.54) is 16.7 Å². The van der Waals surface area contributed by atoms with Crippen molar-refractivity contribution >= 4 is 41.3 Å². The SMILES string of the molecule is CNC(=O)[C@H](Cc1ccccc1)N1CC[C@@H](C2C=CC=CC2)C[C@H](NC(=O)C(CCCCN2C(=O)c3ccccc3C2=O)SCc2ccc(OC)cc2)C1=O. The summed E-state index contributed by atoms with van der Waals surface area (Å²) < 4.78 is 5.32. The van der Waals surface area contributed by atoms with E-state index in [1.807, 2.05) is 66.7 Å². The number of unbranched alkanes of at least 4 members (excludes halogenated alkanes) is 1. The molecule has 6 rings (SSSR count). The predicted molar refractivity (Wildman–Crippen MR) is 214 cm³/mol. The summed E-state index contributed by atoms with van der Waals surface area (Å²) >= 11 is 1.50. The minimum absolute atomic E-state index is 0.118. The molecule has 2 N–H and O–H groups in total. The molecule has 2 aliphatic heterocycles. The maximum Gasteiger partial charge on any atom is 0.261 e. The highest BCUT2D eigenvalue weighted by molar-refractivity contribution is 7.99. The van der Waals surface area contributed by atoms with Crippen molar-refractivity contribution in [2.45, 2.75) is 68.0 Å². The number of nitrogens with one attached hydrogen (secondary N) is 2. The number of benzene rings is 3. The summed E-state index contributed by atoms with van der Waals surface area (Å²) in [6.45, 7) is 0.662. The van der Waals surface area contributed by atoms with Crippen molar-refractivity contribution in [1.29, 1.82) is 0 Å². The van der Waals surface area contributed by atoms with E-state index in [1.54, 1.807) is 43.3 Å². The van der Waals surface area contributed by atoms with Gasteiger partial charge in [0.2, 0.25) is 17.7 Å². The Morgan fingerprint density at radius 1 is 0.873 bits per heavy atom. The van der Waals surface area contributed by atoms with Crippen LogP contribution in [-0.2, 0) is 26.6 Å². The molecule has 10 nitrogen and oxygen atoms in total. The van der Waals surface area contributed by atoms with Crippen LogP contribution in [0.2, 0.25) is 0 Å². The van der Waals surface area contributed by atoms with E-state index in [-0.39, 0.29) is 47.9 Å². The summed E-state index contributed by atoms with van der Waals surface area (Å²) in [5.74, 6) is 0.320. The summed E-state index contributed by atoms with van der Waals surface area (Å²) in [4.78, 5) is 71.3. The number of hydrogen-bond donors (Lipinski definition) is 2. The standard InChI is InChI=1S/C44H50N4O6S/c1-45-40(49)38(27-30-13-5-3-6-14-30)47-26-24-33(32-15-7-4-8-16-32)28-37(44(47)53)46-41(50)39(55-29-31-20-22-34(54-2)23-21-31)19-11-12-25-48-42(51)35-17-9-10-18-36(35)43(48)52/h3-10,13-15,17-18,20-23,32-33,37-39H,11-12,16,19,24-29H2,1-2H3,(H,45,49)(H,46,50)/t32?,33-,37+,38+,39?/m1/s1. The first-order valence-electron chi connectivity index (χ1n) is 19.2. The number of hydrogen-bond acceptors (Lipinski definition) is 7. The third-order valence-electron chi connectivity index (χ3n) is 10.9. The summed E-state index contributed by atoms with van der Waals surface area (Å²) in [5.41, 5.74) is 2.81. The first kappa shape index (κ1) is 39.5. The number of rotatable bonds is 16. The monoisotopic (exact) mass is 762 g/mol. The second kappa shape index (κ2) is 18.9. The Kier molecular flexibility index (Phi) is 13.6. The fourth-order valence-electron chi connectivity index (χ4n) is 7.77. The molecule has 1 fully saturated rings. The zero-order chi connectivity index (χ0) is 38.7. The lowest BCUT2D eigenvalue weighted by atomic mass is 9.81. The van der Waals surface area contributed by atoms with Gasteiger partial charge in [-0.3, -0.25) is 28.9 Å². The van der Waals surface area contributed by atoms with Gasteiger partial charge in [-0.2, -0.15) is 0 Å². The summed E-state index contributed by atoms with van der Waals surface area (Å²) in [6, 6.07) is 22.7. The van der Waals surface area contributed by atoms with Crippen LogP contribution in [0.5, 0.6) is 5.75 Å². The molecule has 3 aromatic carbocycles. The number of fused-ring (bicyclic) bond motifs is 1. The summed E-state index contributed by atoms with van der Waals surface area (Å²) in [7, 11) is 3.20. The number of methoxy groups -OCH3 is 1. The maximum atomic E-state index is 14.6. The molecule has 1 aliphatic carbocycles. The van der Waals surface area contributed by atoms with Gasteiger partial charge in [0, 0.05) is 32.3 Å². The van der Waals surface area contributed by atoms with Gasteiger partial charge in [-0.25, -0.2) is 0 Å². The molecule has 0 aromatic heterocycles. The summed E-state index contributed by atoms with van der Waals surface area (Å²) in [6.07, 6.45) is 12.4. The molecule has 55 heavy (non-hydrogen) atoms. The maximum absolute atomic E-state index is 14.6. The molecule has 5 atom stereocenters. The highest BCUT2D eigenvalue weighted by Gasteiger charge is 2.40. The molecule has 2 unspecified atom stereocenters. The molecule has 0 saturated carbocycles. The number of carbonyl (C=O) groups is 5. The van der Waals surface area contributed by atoms with Gasteiger partial charge in [0.05, 0.1) is 23.5 Å². The van der Waals surface area contributed by atoms with Gasteiger partial charge < -0.3 is 20.3 Å². The lowest BCUT2D eigenvalue weighted by Crippen LogP contribution is -2.56. The van der Waals surface area contributed by atoms with Crippen LogP contribution in [-0.4, -0.2) is 83.9 Å². The van der Waals surface area contributed by atoms with Gasteiger partial charge in [0.15, 0.2) is 0 Å². The Labute approximate surface area is 327 Å². The number of amides is 5. The zero-order valence-corrected chi connectivity index (χ0v) is 32.3. The molecule has 1 saturated heterocycles. The summed E-state index contributed by atoms with van der Waals surface area (Å²) in [5, 5.41) is 5.45. The Hall–Kier alpha value is -5.16. The van der Waals surface area contributed by atoms with Crippen molar-refractivity contribution in [3.05, 3.63) is 125 Å². The second-order valence-corrected chi connectivity index (χ2v) is 15.6. The molecule has 11 heteroatoms. The van der Waals surface area contributed by atoms with Crippen molar-refractivity contribution in [1.82, 2.24) is 20.4 Å². The van der Waals surface area contributed by atoms with Crippen LogP contribution in [0.1, 0.15) is 70.4 Å². The van der Waals surface area contributed by atoms with Crippen molar-refractivity contribution in [2.24, 2.45) is 11.8 Å². The quantitative estimate of drug-likeness (QED) is 0.136. The molecule has 288 valence electrons. The van der Waals surface area contributed by atoms with E-state index in [9.17, 15) is 24.0 Å². The van der Waals surface area contributed by atoms with Crippen LogP contribution >= 0.6 is 11.8 Å². The van der Waals surface area contributed by atoms with Crippen LogP contribution in [0.25, 0.3) is 0 Å². The van der Waals surface area contributed by atoms with E-state index >= 15 is 0 Å². The highest BCUT2D eigenvalue weighted by atomic mass is 32.2. The number of likely N-dealkylation sites (N-methyl/N-ethyl adjacent to an activating group) is 1. The number of ether oxygens (including phenoxy) is 1. The van der Waals surface area contributed by atoms with Crippen LogP contribution in [0.3, 0.4) is 0 Å². The number of allylic oxidation sites excluding steroid dienone is 4. The van der Waals surface area contributed by atoms with Gasteiger partial charge in [0.1, 0.15) is 17.8 Å². The Morgan fingerprint density at radius 3 is 2.24 bits per heavy atom. The van der Waals surface area contributed by atoms with Gasteiger partial charge in [-0.15, -0.1) is 11.8 Å². The largest absolute Gasteiger partial charge is 0.497 e. The number of carbonyl (C=O) groups excluding carboxylic acids is 5. The van der Waals surface area contributed by atoms with Gasteiger partial charge >= 0.3 is 0 Å². The Bertz CT molecular complexity index is 1860. The number of imide groups is 1. The lowest BCUT2D eigenvalue weighted by molar-refractivity contribution is -0.142. The first-order chi connectivity index (χ1) is 26.8. The minimum atomic E-state index is -0.815. The van der Waals surface area contributed by atoms with Gasteiger partial charge in [-0.1, -0.05) is 85.3 Å². The third kappa shape index (κ3) is 9.75. The molecule has 3 aliphatic rings. The number of likely N-dealkylation sites (tertiary alicyclic amines) is 1. The molecule has 2 heterocycles. The van der Waals surface area contributed by atoms with E-state index < -0.39 is 17.3 Å². The normalized spacial score (nSPS) is 20.5. The van der Waals surface area contributed by atoms with Crippen LogP contribution in [0, 0.1) is 11.8 Å². The number of nitrogens with zero attached hydrogens (tertiary/aromatic N) is 2. The van der Waals surface area contributed by atoms with Crippen molar-refractivity contribution in [3.8, 4) is 5.75 Å². The molecule has 0 radical (unpaired) electrons. The zero-order valence-electron chi connectivity index (χ0n) is 31.5. The highest BCUT2D eigenvalue weighted by Crippen LogP contribution is 2.33.